The van der Waals surface area contributed by atoms with Crippen LogP contribution in [0, 0.1) is 0 Å². The van der Waals surface area contributed by atoms with Crippen molar-refractivity contribution in [1.82, 2.24) is 5.43 Å². The molecule has 0 bridgehead atoms. The highest BCUT2D eigenvalue weighted by molar-refractivity contribution is 6.76. The fourth-order valence-electron chi connectivity index (χ4n) is 0.231. The summed E-state index contributed by atoms with van der Waals surface area (Å²) in [5.41, 5.74) is 3.41. The largest absolute Gasteiger partial charge is 0.171 e. The van der Waals surface area contributed by atoms with E-state index in [1.165, 1.54) is 6.20 Å². The Bertz CT molecular complexity index is 122. The molecule has 2 nitrogen and oxygen atoms in total. The maximum atomic E-state index is 5.37. The molecular formula is C3HCl2N2. The van der Waals surface area contributed by atoms with E-state index in [0.29, 0.717) is 5.03 Å². The quantitative estimate of drug-likeness (QED) is 0.478. The number of allylic oxidation sites excluding steroid dienone is 1. The Hall–Kier alpha value is -0.210. The van der Waals surface area contributed by atoms with Gasteiger partial charge in [0.15, 0.2) is 5.17 Å². The second kappa shape index (κ2) is 1.72. The first kappa shape index (κ1) is 4.94. The summed E-state index contributed by atoms with van der Waals surface area (Å²) in [5, 5.41) is 4.07. The first-order valence-electron chi connectivity index (χ1n) is 1.60. The number of hydrogen-bond acceptors (Lipinski definition) is 1. The molecule has 4 heteroatoms. The molecule has 0 saturated carbocycles. The smallest absolute Gasteiger partial charge is 0.156 e. The van der Waals surface area contributed by atoms with Gasteiger partial charge in [-0.25, -0.2) is 0 Å². The highest BCUT2D eigenvalue weighted by Crippen LogP contribution is 2.10. The van der Waals surface area contributed by atoms with Crippen molar-refractivity contribution < 1.29 is 0 Å². The van der Waals surface area contributed by atoms with Gasteiger partial charge in [0.25, 0.3) is 0 Å². The molecule has 1 aliphatic rings. The van der Waals surface area contributed by atoms with Gasteiger partial charge in [0.1, 0.15) is 0 Å². The van der Waals surface area contributed by atoms with Gasteiger partial charge in [0.05, 0.1) is 11.2 Å². The summed E-state index contributed by atoms with van der Waals surface area (Å²) < 4.78 is 0. The van der Waals surface area contributed by atoms with E-state index in [2.05, 4.69) is 10.5 Å². The third kappa shape index (κ3) is 0.868. The molecule has 0 amide bonds. The van der Waals surface area contributed by atoms with Crippen molar-refractivity contribution in [2.45, 2.75) is 0 Å². The lowest BCUT2D eigenvalue weighted by atomic mass is 10.7. The van der Waals surface area contributed by atoms with E-state index >= 15 is 0 Å². The van der Waals surface area contributed by atoms with Crippen LogP contribution in [0.15, 0.2) is 16.3 Å². The maximum absolute atomic E-state index is 5.37. The van der Waals surface area contributed by atoms with Gasteiger partial charge in [-0.2, -0.15) is 5.43 Å². The topological polar surface area (TPSA) is 26.5 Å². The van der Waals surface area contributed by atoms with Crippen molar-refractivity contribution in [2.24, 2.45) is 5.10 Å². The Labute approximate surface area is 50.8 Å². The Kier molecular flexibility index (Phi) is 1.21. The molecule has 37 valence electrons. The summed E-state index contributed by atoms with van der Waals surface area (Å²) in [5.74, 6) is 0. The van der Waals surface area contributed by atoms with E-state index in [1.54, 1.807) is 0 Å². The second-order valence-electron chi connectivity index (χ2n) is 0.983. The molecule has 0 aromatic rings. The van der Waals surface area contributed by atoms with E-state index in [9.17, 15) is 0 Å². The number of rotatable bonds is 0. The lowest BCUT2D eigenvalue weighted by Crippen LogP contribution is -1.77. The Morgan fingerprint density at radius 2 is 2.14 bits per heavy atom. The zero-order valence-corrected chi connectivity index (χ0v) is 4.74. The molecule has 0 spiro atoms. The third-order valence-electron chi connectivity index (χ3n) is 0.514. The summed E-state index contributed by atoms with van der Waals surface area (Å²) in [6, 6.07) is 0. The standard InChI is InChI=1S/C3HCl2N2/c4-2-1-6-7-3(2)5/h1H. The highest BCUT2D eigenvalue weighted by atomic mass is 35.5. The lowest BCUT2D eigenvalue weighted by molar-refractivity contribution is 0.975. The third-order valence-corrected chi connectivity index (χ3v) is 1.17. The monoisotopic (exact) mass is 135 g/mol. The first-order chi connectivity index (χ1) is 3.30. The minimum absolute atomic E-state index is 0.265. The normalized spacial score (nSPS) is 18.0. The van der Waals surface area contributed by atoms with Crippen LogP contribution >= 0.6 is 23.2 Å². The zero-order chi connectivity index (χ0) is 5.28. The Morgan fingerprint density at radius 3 is 2.29 bits per heavy atom. The van der Waals surface area contributed by atoms with Gasteiger partial charge in [-0.05, 0) is 0 Å². The van der Waals surface area contributed by atoms with Crippen LogP contribution in [0.1, 0.15) is 0 Å². The lowest BCUT2D eigenvalue weighted by Gasteiger charge is -1.75. The molecule has 1 rings (SSSR count). The Balaban J connectivity index is 2.78. The molecule has 0 N–H and O–H groups in total. The van der Waals surface area contributed by atoms with Gasteiger partial charge in [-0.15, -0.1) is 5.10 Å². The van der Waals surface area contributed by atoms with Crippen molar-refractivity contribution in [3.05, 3.63) is 11.2 Å². The fourth-order valence-corrected chi connectivity index (χ4v) is 0.405. The molecule has 0 aliphatic carbocycles. The van der Waals surface area contributed by atoms with E-state index in [-0.39, 0.29) is 5.17 Å². The summed E-state index contributed by atoms with van der Waals surface area (Å²) in [6.07, 6.45) is 1.39. The number of nitrogens with zero attached hydrogens (tertiary/aromatic N) is 2. The molecule has 0 saturated heterocycles. The van der Waals surface area contributed by atoms with Gasteiger partial charge >= 0.3 is 0 Å². The summed E-state index contributed by atoms with van der Waals surface area (Å²) in [7, 11) is 0. The SMILES string of the molecule is ClC1=C[N]N=C1Cl. The van der Waals surface area contributed by atoms with Crippen molar-refractivity contribution in [3.63, 3.8) is 0 Å². The van der Waals surface area contributed by atoms with Gasteiger partial charge in [0, 0.05) is 0 Å². The summed E-state index contributed by atoms with van der Waals surface area (Å²) in [4.78, 5) is 0. The van der Waals surface area contributed by atoms with Crippen LogP contribution in [0.25, 0.3) is 0 Å². The van der Waals surface area contributed by atoms with Gasteiger partial charge in [-0.3, -0.25) is 0 Å². The van der Waals surface area contributed by atoms with Crippen LogP contribution in [0.4, 0.5) is 0 Å². The summed E-state index contributed by atoms with van der Waals surface area (Å²) >= 11 is 10.7. The van der Waals surface area contributed by atoms with Gasteiger partial charge < -0.3 is 0 Å². The van der Waals surface area contributed by atoms with Gasteiger partial charge in [0.2, 0.25) is 0 Å². The molecule has 0 aromatic carbocycles. The predicted octanol–water partition coefficient (Wildman–Crippen LogP) is 1.24. The minimum atomic E-state index is 0.265. The molecule has 1 aliphatic heterocycles. The van der Waals surface area contributed by atoms with Crippen LogP contribution < -0.4 is 5.43 Å². The van der Waals surface area contributed by atoms with Crippen LogP contribution in [-0.2, 0) is 0 Å². The van der Waals surface area contributed by atoms with Crippen molar-refractivity contribution >= 4 is 28.4 Å². The number of hydrogen-bond donors (Lipinski definition) is 0. The van der Waals surface area contributed by atoms with Crippen molar-refractivity contribution in [2.75, 3.05) is 0 Å². The molecular weight excluding hydrogens is 135 g/mol. The molecule has 0 atom stereocenters. The van der Waals surface area contributed by atoms with E-state index in [0.717, 1.165) is 0 Å². The zero-order valence-electron chi connectivity index (χ0n) is 3.23. The van der Waals surface area contributed by atoms with E-state index in [4.69, 9.17) is 23.2 Å². The van der Waals surface area contributed by atoms with Crippen LogP contribution in [0.5, 0.6) is 0 Å². The fraction of sp³-hybridized carbons (Fsp3) is 0. The summed E-state index contributed by atoms with van der Waals surface area (Å²) in [6.45, 7) is 0. The van der Waals surface area contributed by atoms with Crippen molar-refractivity contribution in [1.29, 1.82) is 0 Å². The molecule has 1 radical (unpaired) electrons. The predicted molar refractivity (Wildman–Crippen MR) is 29.4 cm³/mol. The number of halogens is 2. The average Bonchev–Trinajstić information content (AvgIpc) is 1.91. The van der Waals surface area contributed by atoms with Crippen LogP contribution in [0.2, 0.25) is 0 Å². The highest BCUT2D eigenvalue weighted by Gasteiger charge is 2.04. The molecule has 0 fully saturated rings. The molecule has 0 unspecified atom stereocenters. The average molecular weight is 136 g/mol. The van der Waals surface area contributed by atoms with E-state index < -0.39 is 0 Å². The maximum Gasteiger partial charge on any atom is 0.171 e. The Morgan fingerprint density at radius 1 is 1.43 bits per heavy atom. The minimum Gasteiger partial charge on any atom is -0.156 e. The molecule has 7 heavy (non-hydrogen) atoms. The molecule has 0 aromatic heterocycles. The van der Waals surface area contributed by atoms with Crippen LogP contribution in [-0.4, -0.2) is 5.17 Å². The molecule has 1 heterocycles. The first-order valence-corrected chi connectivity index (χ1v) is 2.35. The van der Waals surface area contributed by atoms with E-state index in [1.807, 2.05) is 0 Å². The van der Waals surface area contributed by atoms with Gasteiger partial charge in [-0.1, -0.05) is 23.2 Å². The second-order valence-corrected chi connectivity index (χ2v) is 1.75. The van der Waals surface area contributed by atoms with Crippen LogP contribution in [0.3, 0.4) is 0 Å². The van der Waals surface area contributed by atoms with Crippen molar-refractivity contribution in [3.8, 4) is 0 Å².